The number of hydrogen-bond donors (Lipinski definition) is 0. The van der Waals surface area contributed by atoms with Crippen LogP contribution in [0.3, 0.4) is 0 Å². The molecule has 0 aliphatic rings. The molecule has 0 saturated carbocycles. The fraction of sp³-hybridized carbons (Fsp3) is 0.364. The summed E-state index contributed by atoms with van der Waals surface area (Å²) in [7, 11) is 0. The largest absolute Gasteiger partial charge is 0.192 e. The number of nitriles is 1. The van der Waals surface area contributed by atoms with Crippen molar-refractivity contribution in [3.8, 4) is 6.07 Å². The van der Waals surface area contributed by atoms with Crippen LogP contribution in [0.15, 0.2) is 16.6 Å². The summed E-state index contributed by atoms with van der Waals surface area (Å²) in [4.78, 5) is 0. The second-order valence-electron chi connectivity index (χ2n) is 3.44. The number of nitrogens with zero attached hydrogens (tertiary/aromatic N) is 1. The molecule has 0 bridgehead atoms. The molecule has 0 saturated heterocycles. The summed E-state index contributed by atoms with van der Waals surface area (Å²) in [6.07, 6.45) is 0. The summed E-state index contributed by atoms with van der Waals surface area (Å²) in [5.41, 5.74) is 2.99. The standard InChI is InChI=1S/C11H12BrN/c1-7(2)9-4-10(6-13)8(3)11(12)5-9/h4-5,7H,1-3H3. The van der Waals surface area contributed by atoms with Crippen LogP contribution < -0.4 is 0 Å². The summed E-state index contributed by atoms with van der Waals surface area (Å²) in [5, 5.41) is 8.88. The average Bonchev–Trinajstić information content (AvgIpc) is 2.09. The van der Waals surface area contributed by atoms with Crippen LogP contribution >= 0.6 is 15.9 Å². The van der Waals surface area contributed by atoms with Gasteiger partial charge in [0, 0.05) is 4.47 Å². The molecule has 0 aliphatic heterocycles. The molecule has 0 aromatic heterocycles. The summed E-state index contributed by atoms with van der Waals surface area (Å²) in [5.74, 6) is 0.462. The van der Waals surface area contributed by atoms with Crippen molar-refractivity contribution in [3.05, 3.63) is 33.3 Å². The lowest BCUT2D eigenvalue weighted by atomic mass is 9.98. The Labute approximate surface area is 87.5 Å². The Kier molecular flexibility index (Phi) is 3.11. The Morgan fingerprint density at radius 1 is 1.38 bits per heavy atom. The van der Waals surface area contributed by atoms with Gasteiger partial charge in [-0.25, -0.2) is 0 Å². The zero-order valence-electron chi connectivity index (χ0n) is 8.06. The molecule has 0 amide bonds. The molecule has 0 atom stereocenters. The molecule has 1 nitrogen and oxygen atoms in total. The quantitative estimate of drug-likeness (QED) is 0.730. The molecule has 13 heavy (non-hydrogen) atoms. The first-order chi connectivity index (χ1) is 6.06. The Morgan fingerprint density at radius 2 is 2.00 bits per heavy atom. The third-order valence-corrected chi connectivity index (χ3v) is 2.98. The van der Waals surface area contributed by atoms with Crippen LogP contribution in [0.1, 0.15) is 36.5 Å². The van der Waals surface area contributed by atoms with Crippen LogP contribution in [0.25, 0.3) is 0 Å². The molecule has 0 spiro atoms. The summed E-state index contributed by atoms with van der Waals surface area (Å²) < 4.78 is 1.02. The van der Waals surface area contributed by atoms with E-state index in [1.54, 1.807) is 0 Å². The fourth-order valence-corrected chi connectivity index (χ4v) is 1.63. The van der Waals surface area contributed by atoms with E-state index in [0.717, 1.165) is 15.6 Å². The zero-order valence-corrected chi connectivity index (χ0v) is 9.64. The van der Waals surface area contributed by atoms with Crippen molar-refractivity contribution >= 4 is 15.9 Å². The number of rotatable bonds is 1. The van der Waals surface area contributed by atoms with Crippen molar-refractivity contribution in [2.75, 3.05) is 0 Å². The van der Waals surface area contributed by atoms with E-state index < -0.39 is 0 Å². The highest BCUT2D eigenvalue weighted by Crippen LogP contribution is 2.25. The summed E-state index contributed by atoms with van der Waals surface area (Å²) in [6, 6.07) is 6.25. The minimum Gasteiger partial charge on any atom is -0.192 e. The second kappa shape index (κ2) is 3.93. The molecular formula is C11H12BrN. The van der Waals surface area contributed by atoms with E-state index >= 15 is 0 Å². The Hall–Kier alpha value is -0.810. The van der Waals surface area contributed by atoms with E-state index in [1.807, 2.05) is 13.0 Å². The number of halogens is 1. The molecule has 68 valence electrons. The third-order valence-electron chi connectivity index (χ3n) is 2.15. The fourth-order valence-electron chi connectivity index (χ4n) is 1.15. The zero-order chi connectivity index (χ0) is 10.0. The first-order valence-corrected chi connectivity index (χ1v) is 5.05. The Bertz CT molecular complexity index is 361. The van der Waals surface area contributed by atoms with E-state index in [0.29, 0.717) is 5.92 Å². The van der Waals surface area contributed by atoms with Crippen molar-refractivity contribution in [1.29, 1.82) is 5.26 Å². The lowest BCUT2D eigenvalue weighted by Gasteiger charge is -2.08. The predicted octanol–water partition coefficient (Wildman–Crippen LogP) is 3.75. The lowest BCUT2D eigenvalue weighted by molar-refractivity contribution is 0.864. The molecule has 2 heteroatoms. The summed E-state index contributed by atoms with van der Waals surface area (Å²) >= 11 is 3.45. The van der Waals surface area contributed by atoms with Gasteiger partial charge in [0.25, 0.3) is 0 Å². The number of hydrogen-bond acceptors (Lipinski definition) is 1. The van der Waals surface area contributed by atoms with Gasteiger partial charge in [-0.05, 0) is 36.1 Å². The highest BCUT2D eigenvalue weighted by molar-refractivity contribution is 9.10. The van der Waals surface area contributed by atoms with E-state index in [-0.39, 0.29) is 0 Å². The lowest BCUT2D eigenvalue weighted by Crippen LogP contribution is -1.92. The van der Waals surface area contributed by atoms with Gasteiger partial charge in [0.15, 0.2) is 0 Å². The van der Waals surface area contributed by atoms with Crippen LogP contribution in [-0.4, -0.2) is 0 Å². The maximum absolute atomic E-state index is 8.88. The molecule has 0 fully saturated rings. The van der Waals surface area contributed by atoms with Gasteiger partial charge in [-0.2, -0.15) is 5.26 Å². The van der Waals surface area contributed by atoms with E-state index in [4.69, 9.17) is 5.26 Å². The van der Waals surface area contributed by atoms with Crippen LogP contribution in [0.4, 0.5) is 0 Å². The molecule has 1 aromatic rings. The van der Waals surface area contributed by atoms with Gasteiger partial charge in [0.05, 0.1) is 11.6 Å². The summed E-state index contributed by atoms with van der Waals surface area (Å²) in [6.45, 7) is 6.20. The monoisotopic (exact) mass is 237 g/mol. The van der Waals surface area contributed by atoms with Gasteiger partial charge in [-0.15, -0.1) is 0 Å². The van der Waals surface area contributed by atoms with Crippen LogP contribution in [-0.2, 0) is 0 Å². The van der Waals surface area contributed by atoms with Crippen LogP contribution in [0.5, 0.6) is 0 Å². The molecular weight excluding hydrogens is 226 g/mol. The first-order valence-electron chi connectivity index (χ1n) is 4.26. The van der Waals surface area contributed by atoms with Crippen LogP contribution in [0, 0.1) is 18.3 Å². The predicted molar refractivity (Wildman–Crippen MR) is 57.7 cm³/mol. The van der Waals surface area contributed by atoms with Crippen molar-refractivity contribution in [2.45, 2.75) is 26.7 Å². The molecule has 0 unspecified atom stereocenters. The number of benzene rings is 1. The molecule has 0 N–H and O–H groups in total. The van der Waals surface area contributed by atoms with Crippen molar-refractivity contribution < 1.29 is 0 Å². The third kappa shape index (κ3) is 2.10. The van der Waals surface area contributed by atoms with Crippen molar-refractivity contribution in [2.24, 2.45) is 0 Å². The smallest absolute Gasteiger partial charge is 0.0994 e. The van der Waals surface area contributed by atoms with E-state index in [9.17, 15) is 0 Å². The van der Waals surface area contributed by atoms with Crippen LogP contribution in [0.2, 0.25) is 0 Å². The first kappa shape index (κ1) is 10.3. The molecule has 1 aromatic carbocycles. The van der Waals surface area contributed by atoms with E-state index in [1.165, 1.54) is 5.56 Å². The van der Waals surface area contributed by atoms with Crippen molar-refractivity contribution in [1.82, 2.24) is 0 Å². The SMILES string of the molecule is Cc1c(Br)cc(C(C)C)cc1C#N. The topological polar surface area (TPSA) is 23.8 Å². The highest BCUT2D eigenvalue weighted by Gasteiger charge is 2.06. The molecule has 0 heterocycles. The van der Waals surface area contributed by atoms with Gasteiger partial charge >= 0.3 is 0 Å². The average molecular weight is 238 g/mol. The Balaban J connectivity index is 3.32. The van der Waals surface area contributed by atoms with Crippen molar-refractivity contribution in [3.63, 3.8) is 0 Å². The van der Waals surface area contributed by atoms with Gasteiger partial charge in [0.1, 0.15) is 0 Å². The molecule has 0 aliphatic carbocycles. The maximum Gasteiger partial charge on any atom is 0.0994 e. The minimum atomic E-state index is 0.462. The normalized spacial score (nSPS) is 10.2. The maximum atomic E-state index is 8.88. The van der Waals surface area contributed by atoms with E-state index in [2.05, 4.69) is 41.9 Å². The van der Waals surface area contributed by atoms with Gasteiger partial charge < -0.3 is 0 Å². The highest BCUT2D eigenvalue weighted by atomic mass is 79.9. The molecule has 0 radical (unpaired) electrons. The minimum absolute atomic E-state index is 0.462. The van der Waals surface area contributed by atoms with Gasteiger partial charge in [0.2, 0.25) is 0 Å². The van der Waals surface area contributed by atoms with Gasteiger partial charge in [-0.1, -0.05) is 29.8 Å². The Morgan fingerprint density at radius 3 is 2.46 bits per heavy atom. The molecule has 1 rings (SSSR count). The second-order valence-corrected chi connectivity index (χ2v) is 4.30. The van der Waals surface area contributed by atoms with Gasteiger partial charge in [-0.3, -0.25) is 0 Å².